The zero-order chi connectivity index (χ0) is 11.4. The molecule has 0 amide bonds. The van der Waals surface area contributed by atoms with E-state index in [-0.39, 0.29) is 0 Å². The molecule has 4 nitrogen and oxygen atoms in total. The molecule has 3 N–H and O–H groups in total. The highest BCUT2D eigenvalue weighted by Gasteiger charge is 2.41. The van der Waals surface area contributed by atoms with Crippen molar-refractivity contribution < 1.29 is 5.11 Å². The smallest absolute Gasteiger partial charge is 0.117 e. The van der Waals surface area contributed by atoms with Crippen LogP contribution >= 0.6 is 0 Å². The minimum atomic E-state index is 0.291. The number of hydrogen-bond acceptors (Lipinski definition) is 3. The van der Waals surface area contributed by atoms with Gasteiger partial charge in [0, 0.05) is 24.1 Å². The summed E-state index contributed by atoms with van der Waals surface area (Å²) in [5, 5.41) is 13.1. The topological polar surface area (TPSA) is 60.9 Å². The Morgan fingerprint density at radius 1 is 1.29 bits per heavy atom. The predicted octanol–water partition coefficient (Wildman–Crippen LogP) is 1.88. The van der Waals surface area contributed by atoms with Crippen LogP contribution in [0.4, 0.5) is 0 Å². The number of phenolic OH excluding ortho intramolecular Hbond substituents is 1. The quantitative estimate of drug-likeness (QED) is 0.699. The molecule has 0 radical (unpaired) electrons. The third-order valence-electron chi connectivity index (χ3n) is 4.14. The number of aromatic amines is 1. The number of benzene rings is 1. The number of aromatic nitrogens is 2. The molecule has 2 saturated heterocycles. The maximum Gasteiger partial charge on any atom is 0.117 e. The van der Waals surface area contributed by atoms with Gasteiger partial charge in [-0.3, -0.25) is 0 Å². The Labute approximate surface area is 99.1 Å². The number of aromatic hydroxyl groups is 1. The second-order valence-electron chi connectivity index (χ2n) is 5.21. The van der Waals surface area contributed by atoms with Gasteiger partial charge in [-0.25, -0.2) is 4.98 Å². The van der Waals surface area contributed by atoms with Crippen LogP contribution in [0.5, 0.6) is 5.75 Å². The molecule has 4 heteroatoms. The number of fused-ring (bicyclic) bond motifs is 3. The number of nitrogens with zero attached hydrogens (tertiary/aromatic N) is 1. The lowest BCUT2D eigenvalue weighted by molar-refractivity contribution is 0.476. The molecule has 3 unspecified atom stereocenters. The summed E-state index contributed by atoms with van der Waals surface area (Å²) in [4.78, 5) is 8.00. The van der Waals surface area contributed by atoms with Crippen molar-refractivity contribution in [1.82, 2.24) is 15.3 Å². The molecular formula is C13H15N3O. The van der Waals surface area contributed by atoms with Gasteiger partial charge in [0.05, 0.1) is 11.0 Å². The van der Waals surface area contributed by atoms with Crippen LogP contribution in [-0.2, 0) is 0 Å². The van der Waals surface area contributed by atoms with Gasteiger partial charge < -0.3 is 15.4 Å². The molecule has 17 heavy (non-hydrogen) atoms. The Hall–Kier alpha value is -1.55. The van der Waals surface area contributed by atoms with E-state index in [1.165, 1.54) is 19.3 Å². The molecule has 2 fully saturated rings. The average molecular weight is 229 g/mol. The van der Waals surface area contributed by atoms with E-state index in [1.807, 2.05) is 6.07 Å². The maximum absolute atomic E-state index is 9.45. The van der Waals surface area contributed by atoms with Crippen molar-refractivity contribution >= 4 is 11.0 Å². The third kappa shape index (κ3) is 1.37. The molecule has 1 aromatic heterocycles. The molecule has 0 aliphatic carbocycles. The van der Waals surface area contributed by atoms with Crippen LogP contribution in [-0.4, -0.2) is 27.2 Å². The highest BCUT2D eigenvalue weighted by atomic mass is 16.3. The first-order valence-corrected chi connectivity index (χ1v) is 6.24. The van der Waals surface area contributed by atoms with Crippen LogP contribution in [0.15, 0.2) is 18.2 Å². The fraction of sp³-hybridized carbons (Fsp3) is 0.462. The number of H-pyrrole nitrogens is 1. The van der Waals surface area contributed by atoms with Crippen LogP contribution in [0.25, 0.3) is 11.0 Å². The molecule has 0 saturated carbocycles. The zero-order valence-corrected chi connectivity index (χ0v) is 9.48. The monoisotopic (exact) mass is 229 g/mol. The van der Waals surface area contributed by atoms with Crippen LogP contribution in [0.2, 0.25) is 0 Å². The first-order chi connectivity index (χ1) is 8.29. The number of hydrogen-bond donors (Lipinski definition) is 3. The van der Waals surface area contributed by atoms with Crippen molar-refractivity contribution in [2.24, 2.45) is 0 Å². The number of nitrogens with one attached hydrogen (secondary N) is 2. The van der Waals surface area contributed by atoms with Crippen molar-refractivity contribution in [2.45, 2.75) is 37.3 Å². The largest absolute Gasteiger partial charge is 0.508 e. The minimum Gasteiger partial charge on any atom is -0.508 e. The highest BCUT2D eigenvalue weighted by molar-refractivity contribution is 5.76. The van der Waals surface area contributed by atoms with Crippen molar-refractivity contribution in [3.05, 3.63) is 24.0 Å². The van der Waals surface area contributed by atoms with Gasteiger partial charge in [0.15, 0.2) is 0 Å². The van der Waals surface area contributed by atoms with Gasteiger partial charge in [-0.15, -0.1) is 0 Å². The summed E-state index contributed by atoms with van der Waals surface area (Å²) in [7, 11) is 0. The lowest BCUT2D eigenvalue weighted by atomic mass is 9.89. The maximum atomic E-state index is 9.45. The van der Waals surface area contributed by atoms with E-state index in [4.69, 9.17) is 0 Å². The zero-order valence-electron chi connectivity index (χ0n) is 9.48. The van der Waals surface area contributed by atoms with E-state index >= 15 is 0 Å². The summed E-state index contributed by atoms with van der Waals surface area (Å²) < 4.78 is 0. The molecule has 3 heterocycles. The van der Waals surface area contributed by atoms with Gasteiger partial charge in [0.25, 0.3) is 0 Å². The first kappa shape index (κ1) is 9.48. The minimum absolute atomic E-state index is 0.291. The highest BCUT2D eigenvalue weighted by Crippen LogP contribution is 2.39. The van der Waals surface area contributed by atoms with Gasteiger partial charge in [0.2, 0.25) is 0 Å². The molecule has 0 spiro atoms. The summed E-state index contributed by atoms with van der Waals surface area (Å²) in [6.07, 6.45) is 3.76. The number of imidazole rings is 1. The summed E-state index contributed by atoms with van der Waals surface area (Å²) in [6.45, 7) is 0. The molecule has 2 aromatic rings. The predicted molar refractivity (Wildman–Crippen MR) is 65.1 cm³/mol. The van der Waals surface area contributed by atoms with Crippen LogP contribution in [0.1, 0.15) is 31.0 Å². The molecule has 88 valence electrons. The number of rotatable bonds is 1. The molecule has 4 rings (SSSR count). The van der Waals surface area contributed by atoms with E-state index in [2.05, 4.69) is 15.3 Å². The summed E-state index contributed by atoms with van der Waals surface area (Å²) >= 11 is 0. The average Bonchev–Trinajstić information content (AvgIpc) is 3.01. The van der Waals surface area contributed by atoms with Gasteiger partial charge in [-0.05, 0) is 31.4 Å². The van der Waals surface area contributed by atoms with Crippen molar-refractivity contribution in [2.75, 3.05) is 0 Å². The van der Waals surface area contributed by atoms with Crippen molar-refractivity contribution in [1.29, 1.82) is 0 Å². The van der Waals surface area contributed by atoms with E-state index in [0.29, 0.717) is 23.8 Å². The second-order valence-corrected chi connectivity index (χ2v) is 5.21. The van der Waals surface area contributed by atoms with Gasteiger partial charge >= 0.3 is 0 Å². The van der Waals surface area contributed by atoms with Gasteiger partial charge in [-0.1, -0.05) is 0 Å². The Morgan fingerprint density at radius 3 is 3.00 bits per heavy atom. The summed E-state index contributed by atoms with van der Waals surface area (Å²) in [5.74, 6) is 1.88. The third-order valence-corrected chi connectivity index (χ3v) is 4.14. The van der Waals surface area contributed by atoms with E-state index in [9.17, 15) is 5.11 Å². The lowest BCUT2D eigenvalue weighted by Crippen LogP contribution is -2.22. The molecule has 1 aromatic carbocycles. The van der Waals surface area contributed by atoms with Crippen molar-refractivity contribution in [3.63, 3.8) is 0 Å². The molecule has 3 atom stereocenters. The Kier molecular flexibility index (Phi) is 1.80. The standard InChI is InChI=1S/C13H15N3O/c17-8-2-4-11-12(6-8)16-13(15-11)9-5-7-1-3-10(9)14-7/h2,4,6-7,9-10,14,17H,1,3,5H2,(H,15,16). The molecule has 2 bridgehead atoms. The van der Waals surface area contributed by atoms with Gasteiger partial charge in [-0.2, -0.15) is 0 Å². The van der Waals surface area contributed by atoms with E-state index in [0.717, 1.165) is 16.9 Å². The van der Waals surface area contributed by atoms with Crippen LogP contribution < -0.4 is 5.32 Å². The molecule has 2 aliphatic heterocycles. The SMILES string of the molecule is Oc1ccc2nc(C3CC4CCC3N4)[nH]c2c1. The normalized spacial score (nSPS) is 31.4. The fourth-order valence-electron chi connectivity index (χ4n) is 3.32. The summed E-state index contributed by atoms with van der Waals surface area (Å²) in [5.41, 5.74) is 1.88. The van der Waals surface area contributed by atoms with Crippen LogP contribution in [0, 0.1) is 0 Å². The fourth-order valence-corrected chi connectivity index (χ4v) is 3.32. The Morgan fingerprint density at radius 2 is 2.24 bits per heavy atom. The molecule has 2 aliphatic rings. The van der Waals surface area contributed by atoms with Gasteiger partial charge in [0.1, 0.15) is 11.6 Å². The number of phenols is 1. The van der Waals surface area contributed by atoms with Crippen molar-refractivity contribution in [3.8, 4) is 5.75 Å². The van der Waals surface area contributed by atoms with E-state index < -0.39 is 0 Å². The van der Waals surface area contributed by atoms with E-state index in [1.54, 1.807) is 12.1 Å². The second kappa shape index (κ2) is 3.23. The Balaban J connectivity index is 1.76. The Bertz CT molecular complexity index is 577. The summed E-state index contributed by atoms with van der Waals surface area (Å²) in [6, 6.07) is 6.57. The lowest BCUT2D eigenvalue weighted by Gasteiger charge is -2.17. The molecular weight excluding hydrogens is 214 g/mol. The first-order valence-electron chi connectivity index (χ1n) is 6.24. The van der Waals surface area contributed by atoms with Crippen LogP contribution in [0.3, 0.4) is 0 Å².